The van der Waals surface area contributed by atoms with Gasteiger partial charge in [-0.25, -0.2) is 0 Å². The van der Waals surface area contributed by atoms with Crippen LogP contribution in [-0.4, -0.2) is 48.4 Å². The Bertz CT molecular complexity index is 461. The molecule has 0 spiro atoms. The maximum atomic E-state index is 12.6. The second kappa shape index (κ2) is 5.41. The second-order valence-corrected chi connectivity index (χ2v) is 5.84. The van der Waals surface area contributed by atoms with Gasteiger partial charge in [0.1, 0.15) is 0 Å². The number of amides is 1. The minimum Gasteiger partial charge on any atom is -0.333 e. The van der Waals surface area contributed by atoms with Gasteiger partial charge in [0.2, 0.25) is 0 Å². The van der Waals surface area contributed by atoms with E-state index in [1.807, 2.05) is 30.0 Å². The number of likely N-dealkylation sites (N-methyl/N-ethyl adjacent to an activating group) is 1. The van der Waals surface area contributed by atoms with Gasteiger partial charge in [-0.2, -0.15) is 0 Å². The van der Waals surface area contributed by atoms with Gasteiger partial charge < -0.3 is 9.80 Å². The van der Waals surface area contributed by atoms with Crippen molar-refractivity contribution in [2.75, 3.05) is 26.7 Å². The number of aryl methyl sites for hydroxylation is 1. The Balaban J connectivity index is 2.23. The van der Waals surface area contributed by atoms with Crippen molar-refractivity contribution in [3.05, 3.63) is 33.8 Å². The molecule has 0 radical (unpaired) electrons. The number of benzene rings is 1. The van der Waals surface area contributed by atoms with Gasteiger partial charge in [0.15, 0.2) is 0 Å². The van der Waals surface area contributed by atoms with E-state index in [1.54, 1.807) is 0 Å². The van der Waals surface area contributed by atoms with Crippen LogP contribution >= 0.6 is 15.9 Å². The Morgan fingerprint density at radius 2 is 2.11 bits per heavy atom. The number of halogens is 1. The van der Waals surface area contributed by atoms with Gasteiger partial charge in [0.05, 0.1) is 5.56 Å². The monoisotopic (exact) mass is 310 g/mol. The largest absolute Gasteiger partial charge is 0.333 e. The molecule has 1 aliphatic heterocycles. The average Bonchev–Trinajstić information content (AvgIpc) is 2.32. The summed E-state index contributed by atoms with van der Waals surface area (Å²) in [5, 5.41) is 0. The lowest BCUT2D eigenvalue weighted by atomic mass is 10.1. The number of hydrogen-bond acceptors (Lipinski definition) is 2. The molecule has 0 N–H and O–H groups in total. The lowest BCUT2D eigenvalue weighted by Gasteiger charge is -2.38. The van der Waals surface area contributed by atoms with E-state index in [9.17, 15) is 4.79 Å². The second-order valence-electron chi connectivity index (χ2n) is 5.05. The Morgan fingerprint density at radius 1 is 1.39 bits per heavy atom. The first-order valence-corrected chi connectivity index (χ1v) is 7.04. The number of nitrogens with zero attached hydrogens (tertiary/aromatic N) is 2. The van der Waals surface area contributed by atoms with Crippen molar-refractivity contribution < 1.29 is 4.79 Å². The van der Waals surface area contributed by atoms with Gasteiger partial charge in [-0.1, -0.05) is 12.1 Å². The molecule has 1 fully saturated rings. The molecule has 1 aliphatic rings. The molecule has 1 aromatic carbocycles. The molecular weight excluding hydrogens is 292 g/mol. The standard InChI is InChI=1S/C14H19BrN2O/c1-10-5-4-6-12(13(10)15)14(18)17-8-7-16(3)9-11(17)2/h4-6,11H,7-9H2,1-3H3. The van der Waals surface area contributed by atoms with E-state index in [1.165, 1.54) is 0 Å². The third-order valence-electron chi connectivity index (χ3n) is 3.51. The third kappa shape index (κ3) is 2.59. The van der Waals surface area contributed by atoms with Crippen LogP contribution < -0.4 is 0 Å². The molecule has 4 heteroatoms. The summed E-state index contributed by atoms with van der Waals surface area (Å²) >= 11 is 3.52. The van der Waals surface area contributed by atoms with E-state index in [4.69, 9.17) is 0 Å². The first-order valence-electron chi connectivity index (χ1n) is 6.25. The number of rotatable bonds is 1. The maximum absolute atomic E-state index is 12.6. The van der Waals surface area contributed by atoms with Crippen molar-refractivity contribution >= 4 is 21.8 Å². The zero-order valence-electron chi connectivity index (χ0n) is 11.1. The van der Waals surface area contributed by atoms with Crippen molar-refractivity contribution in [2.45, 2.75) is 19.9 Å². The Kier molecular flexibility index (Phi) is 4.07. The molecule has 1 unspecified atom stereocenters. The number of piperazine rings is 1. The summed E-state index contributed by atoms with van der Waals surface area (Å²) in [5.74, 6) is 0.131. The summed E-state index contributed by atoms with van der Waals surface area (Å²) in [5.41, 5.74) is 1.87. The maximum Gasteiger partial charge on any atom is 0.255 e. The Hall–Kier alpha value is -0.870. The highest BCUT2D eigenvalue weighted by Crippen LogP contribution is 2.23. The molecule has 98 valence electrons. The predicted octanol–water partition coefficient (Wildman–Crippen LogP) is 2.53. The molecular formula is C14H19BrN2O. The van der Waals surface area contributed by atoms with Gasteiger partial charge in [-0.15, -0.1) is 0 Å². The Labute approximate surface area is 117 Å². The first-order chi connectivity index (χ1) is 8.50. The highest BCUT2D eigenvalue weighted by atomic mass is 79.9. The molecule has 0 saturated carbocycles. The normalized spacial score (nSPS) is 21.1. The fourth-order valence-electron chi connectivity index (χ4n) is 2.41. The summed E-state index contributed by atoms with van der Waals surface area (Å²) in [6.07, 6.45) is 0. The van der Waals surface area contributed by atoms with E-state index in [0.29, 0.717) is 0 Å². The topological polar surface area (TPSA) is 23.6 Å². The van der Waals surface area contributed by atoms with Crippen LogP contribution in [0.25, 0.3) is 0 Å². The average molecular weight is 311 g/mol. The van der Waals surface area contributed by atoms with Crippen molar-refractivity contribution in [1.82, 2.24) is 9.80 Å². The quantitative estimate of drug-likeness (QED) is 0.796. The summed E-state index contributed by atoms with van der Waals surface area (Å²) in [6, 6.07) is 6.11. The van der Waals surface area contributed by atoms with E-state index >= 15 is 0 Å². The van der Waals surface area contributed by atoms with Gasteiger partial charge in [0, 0.05) is 30.1 Å². The summed E-state index contributed by atoms with van der Waals surface area (Å²) in [4.78, 5) is 16.8. The van der Waals surface area contributed by atoms with Gasteiger partial charge in [0.25, 0.3) is 5.91 Å². The predicted molar refractivity (Wildman–Crippen MR) is 76.9 cm³/mol. The van der Waals surface area contributed by atoms with Crippen molar-refractivity contribution in [3.63, 3.8) is 0 Å². The molecule has 0 bridgehead atoms. The SMILES string of the molecule is Cc1cccc(C(=O)N2CCN(C)CC2C)c1Br. The lowest BCUT2D eigenvalue weighted by molar-refractivity contribution is 0.0532. The van der Waals surface area contributed by atoms with Crippen LogP contribution in [0.5, 0.6) is 0 Å². The van der Waals surface area contributed by atoms with Crippen LogP contribution in [0.1, 0.15) is 22.8 Å². The smallest absolute Gasteiger partial charge is 0.255 e. The van der Waals surface area contributed by atoms with Crippen LogP contribution in [0.2, 0.25) is 0 Å². The van der Waals surface area contributed by atoms with Gasteiger partial charge in [-0.3, -0.25) is 4.79 Å². The van der Waals surface area contributed by atoms with Crippen LogP contribution in [0, 0.1) is 6.92 Å². The van der Waals surface area contributed by atoms with Crippen molar-refractivity contribution in [1.29, 1.82) is 0 Å². The molecule has 1 atom stereocenters. The molecule has 1 saturated heterocycles. The minimum absolute atomic E-state index is 0.131. The van der Waals surface area contributed by atoms with Crippen molar-refractivity contribution in [3.8, 4) is 0 Å². The molecule has 1 aromatic rings. The van der Waals surface area contributed by atoms with E-state index in [-0.39, 0.29) is 11.9 Å². The van der Waals surface area contributed by atoms with Crippen LogP contribution in [0.3, 0.4) is 0 Å². The third-order valence-corrected chi connectivity index (χ3v) is 4.57. The molecule has 1 amide bonds. The fourth-order valence-corrected chi connectivity index (χ4v) is 2.84. The molecule has 2 rings (SSSR count). The molecule has 0 aromatic heterocycles. The fraction of sp³-hybridized carbons (Fsp3) is 0.500. The van der Waals surface area contributed by atoms with E-state index in [0.717, 1.165) is 35.2 Å². The Morgan fingerprint density at radius 3 is 2.78 bits per heavy atom. The minimum atomic E-state index is 0.131. The van der Waals surface area contributed by atoms with Gasteiger partial charge in [-0.05, 0) is 48.5 Å². The van der Waals surface area contributed by atoms with E-state index < -0.39 is 0 Å². The summed E-state index contributed by atoms with van der Waals surface area (Å²) < 4.78 is 0.918. The highest BCUT2D eigenvalue weighted by molar-refractivity contribution is 9.10. The van der Waals surface area contributed by atoms with Crippen LogP contribution in [0.15, 0.2) is 22.7 Å². The number of hydrogen-bond donors (Lipinski definition) is 0. The molecule has 3 nitrogen and oxygen atoms in total. The van der Waals surface area contributed by atoms with Crippen molar-refractivity contribution in [2.24, 2.45) is 0 Å². The molecule has 18 heavy (non-hydrogen) atoms. The van der Waals surface area contributed by atoms with Gasteiger partial charge >= 0.3 is 0 Å². The highest BCUT2D eigenvalue weighted by Gasteiger charge is 2.27. The molecule has 1 heterocycles. The first kappa shape index (κ1) is 13.6. The van der Waals surface area contributed by atoms with Crippen LogP contribution in [0.4, 0.5) is 0 Å². The number of carbonyl (C=O) groups excluding carboxylic acids is 1. The number of carbonyl (C=O) groups is 1. The zero-order chi connectivity index (χ0) is 13.3. The summed E-state index contributed by atoms with van der Waals surface area (Å²) in [7, 11) is 2.10. The lowest BCUT2D eigenvalue weighted by Crippen LogP contribution is -2.52. The van der Waals surface area contributed by atoms with E-state index in [2.05, 4.69) is 34.8 Å². The zero-order valence-corrected chi connectivity index (χ0v) is 12.7. The summed E-state index contributed by atoms with van der Waals surface area (Å²) in [6.45, 7) is 6.80. The molecule has 0 aliphatic carbocycles. The van der Waals surface area contributed by atoms with Crippen LogP contribution in [-0.2, 0) is 0 Å².